The highest BCUT2D eigenvalue weighted by Gasteiger charge is 2.24. The van der Waals surface area contributed by atoms with Gasteiger partial charge in [0.2, 0.25) is 5.91 Å². The Labute approximate surface area is 120 Å². The highest BCUT2D eigenvalue weighted by molar-refractivity contribution is 7.10. The monoisotopic (exact) mass is 290 g/mol. The second-order valence-electron chi connectivity index (χ2n) is 4.21. The van der Waals surface area contributed by atoms with Crippen molar-refractivity contribution in [3.05, 3.63) is 52.2 Å². The Balaban J connectivity index is 2.30. The molecule has 1 aromatic heterocycles. The van der Waals surface area contributed by atoms with E-state index in [1.807, 2.05) is 11.4 Å². The number of nitrogens with zero attached hydrogens (tertiary/aromatic N) is 1. The van der Waals surface area contributed by atoms with Gasteiger partial charge in [-0.25, -0.2) is 4.79 Å². The Morgan fingerprint density at radius 1 is 1.25 bits per heavy atom. The third-order valence-electron chi connectivity index (χ3n) is 2.94. The van der Waals surface area contributed by atoms with Crippen LogP contribution in [0.25, 0.3) is 0 Å². The zero-order valence-electron chi connectivity index (χ0n) is 10.8. The number of hydrogen-bond acceptors (Lipinski definition) is 4. The van der Waals surface area contributed by atoms with Gasteiger partial charge in [-0.1, -0.05) is 18.2 Å². The summed E-state index contributed by atoms with van der Waals surface area (Å²) in [4.78, 5) is 25.5. The minimum Gasteiger partial charge on any atom is -0.478 e. The number of carbonyl (C=O) groups is 2. The summed E-state index contributed by atoms with van der Waals surface area (Å²) in [7, 11) is 1.53. The van der Waals surface area contributed by atoms with Crippen molar-refractivity contribution in [2.75, 3.05) is 11.9 Å². The van der Waals surface area contributed by atoms with Crippen molar-refractivity contribution in [3.63, 3.8) is 0 Å². The molecule has 3 N–H and O–H groups in total. The van der Waals surface area contributed by atoms with E-state index in [2.05, 4.69) is 0 Å². The molecular weight excluding hydrogens is 276 g/mol. The Morgan fingerprint density at radius 2 is 1.95 bits per heavy atom. The number of amides is 1. The number of carboxylic acid groups (broad SMARTS) is 1. The first-order valence-electron chi connectivity index (χ1n) is 5.91. The average molecular weight is 290 g/mol. The van der Waals surface area contributed by atoms with Crippen molar-refractivity contribution in [3.8, 4) is 0 Å². The van der Waals surface area contributed by atoms with Crippen LogP contribution in [0.4, 0.5) is 5.69 Å². The molecule has 20 heavy (non-hydrogen) atoms. The van der Waals surface area contributed by atoms with Crippen LogP contribution in [0, 0.1) is 0 Å². The van der Waals surface area contributed by atoms with Gasteiger partial charge in [-0.05, 0) is 23.6 Å². The lowest BCUT2D eigenvalue weighted by molar-refractivity contribution is -0.119. The van der Waals surface area contributed by atoms with E-state index < -0.39 is 12.0 Å². The number of hydrogen-bond donors (Lipinski definition) is 2. The summed E-state index contributed by atoms with van der Waals surface area (Å²) in [5.74, 6) is -1.42. The van der Waals surface area contributed by atoms with E-state index in [-0.39, 0.29) is 11.5 Å². The molecule has 1 atom stereocenters. The van der Waals surface area contributed by atoms with Crippen molar-refractivity contribution in [2.45, 2.75) is 6.04 Å². The maximum absolute atomic E-state index is 12.3. The van der Waals surface area contributed by atoms with Crippen LogP contribution in [-0.4, -0.2) is 24.0 Å². The molecule has 0 saturated heterocycles. The van der Waals surface area contributed by atoms with Crippen molar-refractivity contribution < 1.29 is 14.7 Å². The summed E-state index contributed by atoms with van der Waals surface area (Å²) in [5, 5.41) is 11.0. The predicted molar refractivity (Wildman–Crippen MR) is 78.1 cm³/mol. The SMILES string of the molecule is CN(C(=O)C(N)c1cccs1)c1ccccc1C(=O)O. The topological polar surface area (TPSA) is 83.6 Å². The number of anilines is 1. The second kappa shape index (κ2) is 5.85. The molecule has 1 aromatic carbocycles. The summed E-state index contributed by atoms with van der Waals surface area (Å²) in [6, 6.07) is 9.15. The summed E-state index contributed by atoms with van der Waals surface area (Å²) in [6.07, 6.45) is 0. The van der Waals surface area contributed by atoms with Crippen LogP contribution in [0.3, 0.4) is 0 Å². The minimum atomic E-state index is -1.08. The van der Waals surface area contributed by atoms with Gasteiger partial charge in [0.05, 0.1) is 11.3 Å². The van der Waals surface area contributed by atoms with Gasteiger partial charge in [-0.2, -0.15) is 0 Å². The third-order valence-corrected chi connectivity index (χ3v) is 3.90. The molecule has 2 rings (SSSR count). The summed E-state index contributed by atoms with van der Waals surface area (Å²) in [5.41, 5.74) is 6.32. The molecule has 2 aromatic rings. The molecule has 0 aliphatic heterocycles. The molecule has 104 valence electrons. The predicted octanol–water partition coefficient (Wildman–Crippen LogP) is 2.11. The standard InChI is InChI=1S/C14H14N2O3S/c1-16(10-6-3-2-5-9(10)14(18)19)13(17)12(15)11-7-4-8-20-11/h2-8,12H,15H2,1H3,(H,18,19). The van der Waals surface area contributed by atoms with Gasteiger partial charge in [0, 0.05) is 11.9 Å². The zero-order valence-corrected chi connectivity index (χ0v) is 11.6. The quantitative estimate of drug-likeness (QED) is 0.903. The van der Waals surface area contributed by atoms with Gasteiger partial charge in [-0.15, -0.1) is 11.3 Å². The lowest BCUT2D eigenvalue weighted by Gasteiger charge is -2.22. The first-order chi connectivity index (χ1) is 9.52. The Bertz CT molecular complexity index is 625. The van der Waals surface area contributed by atoms with Crippen molar-refractivity contribution >= 4 is 28.9 Å². The van der Waals surface area contributed by atoms with E-state index in [1.165, 1.54) is 29.4 Å². The van der Waals surface area contributed by atoms with Crippen LogP contribution < -0.4 is 10.6 Å². The molecule has 0 fully saturated rings. The molecule has 0 bridgehead atoms. The largest absolute Gasteiger partial charge is 0.478 e. The molecular formula is C14H14N2O3S. The number of carboxylic acids is 1. The van der Waals surface area contributed by atoms with Crippen LogP contribution in [0.2, 0.25) is 0 Å². The number of thiophene rings is 1. The maximum Gasteiger partial charge on any atom is 0.337 e. The number of likely N-dealkylation sites (N-methyl/N-ethyl adjacent to an activating group) is 1. The average Bonchev–Trinajstić information content (AvgIpc) is 2.99. The highest BCUT2D eigenvalue weighted by Crippen LogP contribution is 2.24. The molecule has 0 aliphatic rings. The molecule has 1 amide bonds. The van der Waals surface area contributed by atoms with Gasteiger partial charge in [0.25, 0.3) is 0 Å². The summed E-state index contributed by atoms with van der Waals surface area (Å²) >= 11 is 1.39. The fourth-order valence-corrected chi connectivity index (χ4v) is 2.58. The molecule has 0 radical (unpaired) electrons. The van der Waals surface area contributed by atoms with Gasteiger partial charge in [0.15, 0.2) is 0 Å². The first kappa shape index (κ1) is 14.2. The zero-order chi connectivity index (χ0) is 14.7. The Morgan fingerprint density at radius 3 is 2.55 bits per heavy atom. The summed E-state index contributed by atoms with van der Waals surface area (Å²) in [6.45, 7) is 0. The first-order valence-corrected chi connectivity index (χ1v) is 6.79. The van der Waals surface area contributed by atoms with Gasteiger partial charge < -0.3 is 15.7 Å². The number of nitrogens with two attached hydrogens (primary N) is 1. The van der Waals surface area contributed by atoms with E-state index in [1.54, 1.807) is 24.3 Å². The molecule has 6 heteroatoms. The fraction of sp³-hybridized carbons (Fsp3) is 0.143. The van der Waals surface area contributed by atoms with E-state index in [0.717, 1.165) is 4.88 Å². The van der Waals surface area contributed by atoms with Gasteiger partial charge >= 0.3 is 5.97 Å². The fourth-order valence-electron chi connectivity index (χ4n) is 1.86. The number of carbonyl (C=O) groups excluding carboxylic acids is 1. The van der Waals surface area contributed by atoms with E-state index >= 15 is 0 Å². The lowest BCUT2D eigenvalue weighted by atomic mass is 10.1. The van der Waals surface area contributed by atoms with Crippen LogP contribution in [0.1, 0.15) is 21.3 Å². The van der Waals surface area contributed by atoms with E-state index in [0.29, 0.717) is 5.69 Å². The van der Waals surface area contributed by atoms with Crippen LogP contribution >= 0.6 is 11.3 Å². The molecule has 1 heterocycles. The minimum absolute atomic E-state index is 0.0710. The van der Waals surface area contributed by atoms with Gasteiger partial charge in [0.1, 0.15) is 6.04 Å². The third kappa shape index (κ3) is 2.71. The smallest absolute Gasteiger partial charge is 0.337 e. The summed E-state index contributed by atoms with van der Waals surface area (Å²) < 4.78 is 0. The Kier molecular flexibility index (Phi) is 4.16. The van der Waals surface area contributed by atoms with Gasteiger partial charge in [-0.3, -0.25) is 4.79 Å². The Hall–Kier alpha value is -2.18. The lowest BCUT2D eigenvalue weighted by Crippen LogP contribution is -2.36. The van der Waals surface area contributed by atoms with Crippen LogP contribution in [0.5, 0.6) is 0 Å². The van der Waals surface area contributed by atoms with Crippen molar-refractivity contribution in [1.29, 1.82) is 0 Å². The molecule has 0 aliphatic carbocycles. The molecule has 1 unspecified atom stereocenters. The van der Waals surface area contributed by atoms with Crippen LogP contribution in [0.15, 0.2) is 41.8 Å². The van der Waals surface area contributed by atoms with E-state index in [9.17, 15) is 9.59 Å². The van der Waals surface area contributed by atoms with Crippen molar-refractivity contribution in [1.82, 2.24) is 0 Å². The molecule has 0 saturated carbocycles. The second-order valence-corrected chi connectivity index (χ2v) is 5.19. The normalized spacial score (nSPS) is 11.9. The maximum atomic E-state index is 12.3. The number of aromatic carboxylic acids is 1. The van der Waals surface area contributed by atoms with Crippen molar-refractivity contribution in [2.24, 2.45) is 5.73 Å². The number of rotatable bonds is 4. The van der Waals surface area contributed by atoms with Crippen LogP contribution in [-0.2, 0) is 4.79 Å². The molecule has 0 spiro atoms. The molecule has 5 nitrogen and oxygen atoms in total. The highest BCUT2D eigenvalue weighted by atomic mass is 32.1. The number of para-hydroxylation sites is 1. The number of benzene rings is 1. The van der Waals surface area contributed by atoms with E-state index in [4.69, 9.17) is 10.8 Å².